The van der Waals surface area contributed by atoms with Crippen LogP contribution in [0.2, 0.25) is 0 Å². The van der Waals surface area contributed by atoms with Gasteiger partial charge in [-0.15, -0.1) is 0 Å². The molecule has 19 heavy (non-hydrogen) atoms. The van der Waals surface area contributed by atoms with Crippen molar-refractivity contribution in [3.63, 3.8) is 0 Å². The quantitative estimate of drug-likeness (QED) is 0.897. The lowest BCUT2D eigenvalue weighted by molar-refractivity contribution is 0.542. The van der Waals surface area contributed by atoms with Gasteiger partial charge in [0.1, 0.15) is 5.82 Å². The molecule has 2 aromatic rings. The molecule has 1 atom stereocenters. The number of rotatable bonds is 5. The zero-order valence-electron chi connectivity index (χ0n) is 10.7. The molecule has 1 N–H and O–H groups in total. The van der Waals surface area contributed by atoms with Gasteiger partial charge in [-0.05, 0) is 46.6 Å². The third kappa shape index (κ3) is 3.39. The Morgan fingerprint density at radius 3 is 2.84 bits per heavy atom. The second-order valence-corrected chi connectivity index (χ2v) is 5.17. The number of nitrogens with zero attached hydrogens (tertiary/aromatic N) is 1. The fraction of sp³-hybridized carbons (Fsp3) is 0.267. The monoisotopic (exact) mass is 322 g/mol. The highest BCUT2D eigenvalue weighted by Crippen LogP contribution is 2.28. The van der Waals surface area contributed by atoms with Crippen molar-refractivity contribution < 1.29 is 4.39 Å². The first kappa shape index (κ1) is 14.2. The number of pyridine rings is 1. The molecule has 1 aromatic carbocycles. The Labute approximate surface area is 121 Å². The summed E-state index contributed by atoms with van der Waals surface area (Å²) in [7, 11) is 0. The van der Waals surface area contributed by atoms with Gasteiger partial charge < -0.3 is 5.32 Å². The minimum Gasteiger partial charge on any atom is -0.306 e. The van der Waals surface area contributed by atoms with Gasteiger partial charge in [0.15, 0.2) is 0 Å². The first-order valence-corrected chi connectivity index (χ1v) is 7.10. The number of hydrogen-bond acceptors (Lipinski definition) is 2. The third-order valence-electron chi connectivity index (χ3n) is 2.91. The molecule has 1 unspecified atom stereocenters. The van der Waals surface area contributed by atoms with E-state index < -0.39 is 0 Å². The molecule has 0 aliphatic rings. The topological polar surface area (TPSA) is 24.9 Å². The van der Waals surface area contributed by atoms with Crippen LogP contribution in [0.1, 0.15) is 30.5 Å². The van der Waals surface area contributed by atoms with Crippen molar-refractivity contribution in [1.29, 1.82) is 0 Å². The molecule has 2 rings (SSSR count). The van der Waals surface area contributed by atoms with Gasteiger partial charge in [0, 0.05) is 18.0 Å². The summed E-state index contributed by atoms with van der Waals surface area (Å²) in [6, 6.07) is 9.01. The van der Waals surface area contributed by atoms with E-state index in [1.807, 2.05) is 18.2 Å². The van der Waals surface area contributed by atoms with Crippen molar-refractivity contribution in [3.05, 3.63) is 64.1 Å². The van der Waals surface area contributed by atoms with E-state index in [-0.39, 0.29) is 11.9 Å². The fourth-order valence-electron chi connectivity index (χ4n) is 1.99. The van der Waals surface area contributed by atoms with E-state index in [1.54, 1.807) is 24.5 Å². The van der Waals surface area contributed by atoms with Crippen LogP contribution in [0, 0.1) is 5.82 Å². The van der Waals surface area contributed by atoms with Gasteiger partial charge in [0.05, 0.1) is 10.5 Å². The summed E-state index contributed by atoms with van der Waals surface area (Å²) in [6.45, 7) is 2.91. The van der Waals surface area contributed by atoms with Crippen LogP contribution < -0.4 is 5.32 Å². The van der Waals surface area contributed by atoms with Crippen molar-refractivity contribution in [2.45, 2.75) is 19.4 Å². The molecule has 1 heterocycles. The Kier molecular flexibility index (Phi) is 5.05. The normalized spacial score (nSPS) is 12.4. The summed E-state index contributed by atoms with van der Waals surface area (Å²) >= 11 is 3.24. The molecule has 2 nitrogen and oxygen atoms in total. The number of nitrogens with one attached hydrogen (secondary N) is 1. The van der Waals surface area contributed by atoms with Crippen molar-refractivity contribution in [3.8, 4) is 0 Å². The standard InChI is InChI=1S/C15H16BrFN2/c1-2-8-19-15(11-5-4-9-18-10-11)12-6-3-7-13(16)14(12)17/h3-7,9-10,15,19H,2,8H2,1H3. The number of halogens is 2. The zero-order chi connectivity index (χ0) is 13.7. The Bertz CT molecular complexity index is 531. The minimum atomic E-state index is -0.222. The maximum absolute atomic E-state index is 14.3. The second-order valence-electron chi connectivity index (χ2n) is 4.32. The van der Waals surface area contributed by atoms with E-state index in [0.717, 1.165) is 18.5 Å². The van der Waals surface area contributed by atoms with E-state index in [2.05, 4.69) is 33.2 Å². The molecule has 0 aliphatic heterocycles. The molecule has 0 aliphatic carbocycles. The molecule has 4 heteroatoms. The van der Waals surface area contributed by atoms with Crippen LogP contribution in [-0.4, -0.2) is 11.5 Å². The Balaban J connectivity index is 2.40. The maximum Gasteiger partial charge on any atom is 0.142 e. The molecule has 0 bridgehead atoms. The summed E-state index contributed by atoms with van der Waals surface area (Å²) in [5.41, 5.74) is 1.60. The first-order valence-electron chi connectivity index (χ1n) is 6.31. The molecule has 0 fully saturated rings. The smallest absolute Gasteiger partial charge is 0.142 e. The van der Waals surface area contributed by atoms with E-state index in [1.165, 1.54) is 0 Å². The second kappa shape index (κ2) is 6.78. The molecule has 0 amide bonds. The lowest BCUT2D eigenvalue weighted by Gasteiger charge is -2.20. The molecule has 0 radical (unpaired) electrons. The highest BCUT2D eigenvalue weighted by molar-refractivity contribution is 9.10. The predicted molar refractivity (Wildman–Crippen MR) is 78.5 cm³/mol. The van der Waals surface area contributed by atoms with Crippen LogP contribution in [0.3, 0.4) is 0 Å². The fourth-order valence-corrected chi connectivity index (χ4v) is 2.37. The lowest BCUT2D eigenvalue weighted by atomic mass is 9.99. The third-order valence-corrected chi connectivity index (χ3v) is 3.52. The summed E-state index contributed by atoms with van der Waals surface area (Å²) in [5.74, 6) is -0.222. The lowest BCUT2D eigenvalue weighted by Crippen LogP contribution is -2.24. The maximum atomic E-state index is 14.3. The minimum absolute atomic E-state index is 0.175. The zero-order valence-corrected chi connectivity index (χ0v) is 12.3. The van der Waals surface area contributed by atoms with E-state index in [9.17, 15) is 4.39 Å². The van der Waals surface area contributed by atoms with Crippen molar-refractivity contribution >= 4 is 15.9 Å². The first-order chi connectivity index (χ1) is 9.24. The van der Waals surface area contributed by atoms with Gasteiger partial charge in [0.25, 0.3) is 0 Å². The summed E-state index contributed by atoms with van der Waals surface area (Å²) < 4.78 is 14.7. The van der Waals surface area contributed by atoms with Crippen molar-refractivity contribution in [1.82, 2.24) is 10.3 Å². The molecule has 100 valence electrons. The molecule has 0 spiro atoms. The van der Waals surface area contributed by atoms with Gasteiger partial charge in [0.2, 0.25) is 0 Å². The van der Waals surface area contributed by atoms with Crippen LogP contribution in [0.25, 0.3) is 0 Å². The largest absolute Gasteiger partial charge is 0.306 e. The van der Waals surface area contributed by atoms with Gasteiger partial charge in [-0.25, -0.2) is 4.39 Å². The van der Waals surface area contributed by atoms with E-state index in [0.29, 0.717) is 10.0 Å². The number of hydrogen-bond donors (Lipinski definition) is 1. The average Bonchev–Trinajstić information content (AvgIpc) is 2.45. The molecular weight excluding hydrogens is 307 g/mol. The van der Waals surface area contributed by atoms with Gasteiger partial charge in [-0.2, -0.15) is 0 Å². The SMILES string of the molecule is CCCNC(c1cccnc1)c1cccc(Br)c1F. The van der Waals surface area contributed by atoms with Crippen LogP contribution in [0.4, 0.5) is 4.39 Å². The summed E-state index contributed by atoms with van der Waals surface area (Å²) in [4.78, 5) is 4.12. The summed E-state index contributed by atoms with van der Waals surface area (Å²) in [6.07, 6.45) is 4.48. The molecular formula is C15H16BrFN2. The van der Waals surface area contributed by atoms with Crippen molar-refractivity contribution in [2.24, 2.45) is 0 Å². The predicted octanol–water partition coefficient (Wildman–Crippen LogP) is 4.07. The Morgan fingerprint density at radius 2 is 2.16 bits per heavy atom. The highest BCUT2D eigenvalue weighted by Gasteiger charge is 2.18. The number of aromatic nitrogens is 1. The van der Waals surface area contributed by atoms with E-state index >= 15 is 0 Å². The Hall–Kier alpha value is -1.26. The van der Waals surface area contributed by atoms with Crippen molar-refractivity contribution in [2.75, 3.05) is 6.54 Å². The molecule has 0 saturated heterocycles. The summed E-state index contributed by atoms with van der Waals surface area (Å²) in [5, 5.41) is 3.37. The van der Waals surface area contributed by atoms with Crippen LogP contribution in [0.15, 0.2) is 47.2 Å². The molecule has 0 saturated carbocycles. The van der Waals surface area contributed by atoms with Crippen LogP contribution in [0.5, 0.6) is 0 Å². The van der Waals surface area contributed by atoms with E-state index in [4.69, 9.17) is 0 Å². The van der Waals surface area contributed by atoms with Crippen LogP contribution in [-0.2, 0) is 0 Å². The highest BCUT2D eigenvalue weighted by atomic mass is 79.9. The molecule has 1 aromatic heterocycles. The van der Waals surface area contributed by atoms with Gasteiger partial charge >= 0.3 is 0 Å². The number of benzene rings is 1. The van der Waals surface area contributed by atoms with Gasteiger partial charge in [-0.3, -0.25) is 4.98 Å². The Morgan fingerprint density at radius 1 is 1.32 bits per heavy atom. The van der Waals surface area contributed by atoms with Crippen LogP contribution >= 0.6 is 15.9 Å². The average molecular weight is 323 g/mol. The van der Waals surface area contributed by atoms with Gasteiger partial charge in [-0.1, -0.05) is 25.1 Å².